The molecule has 4 heteroatoms. The largest absolute Gasteiger partial charge is 0.457 e. The molecule has 0 unspecified atom stereocenters. The highest BCUT2D eigenvalue weighted by atomic mass is 79.9. The lowest BCUT2D eigenvalue weighted by atomic mass is 10.2. The molecule has 0 fully saturated rings. The lowest BCUT2D eigenvalue weighted by molar-refractivity contribution is 0.276. The summed E-state index contributed by atoms with van der Waals surface area (Å²) >= 11 is 6.75. The summed E-state index contributed by atoms with van der Waals surface area (Å²) in [6.45, 7) is -0.0528. The first kappa shape index (κ1) is 12.6. The van der Waals surface area contributed by atoms with E-state index in [9.17, 15) is 5.11 Å². The molecule has 1 N–H and O–H groups in total. The van der Waals surface area contributed by atoms with Crippen LogP contribution in [0.1, 0.15) is 5.56 Å². The number of hydrogen-bond donors (Lipinski definition) is 1. The maximum atomic E-state index is 9.27. The van der Waals surface area contributed by atoms with Crippen molar-refractivity contribution in [2.24, 2.45) is 0 Å². The first-order valence-electron chi connectivity index (χ1n) is 5.02. The van der Waals surface area contributed by atoms with E-state index in [1.54, 1.807) is 0 Å². The van der Waals surface area contributed by atoms with Crippen molar-refractivity contribution < 1.29 is 9.84 Å². The van der Waals surface area contributed by atoms with Crippen LogP contribution in [-0.2, 0) is 6.61 Å². The molecule has 0 aliphatic rings. The average Bonchev–Trinajstić information content (AvgIpc) is 2.31. The van der Waals surface area contributed by atoms with Crippen LogP contribution in [0.5, 0.6) is 11.5 Å². The van der Waals surface area contributed by atoms with Gasteiger partial charge in [-0.25, -0.2) is 0 Å². The minimum absolute atomic E-state index is 0.0528. The number of aliphatic hydroxyl groups excluding tert-OH is 1. The van der Waals surface area contributed by atoms with E-state index in [1.165, 1.54) is 0 Å². The molecule has 2 nitrogen and oxygen atoms in total. The molecule has 2 rings (SSSR count). The average molecular weight is 358 g/mol. The monoisotopic (exact) mass is 356 g/mol. The van der Waals surface area contributed by atoms with Crippen molar-refractivity contribution in [2.75, 3.05) is 0 Å². The van der Waals surface area contributed by atoms with Gasteiger partial charge in [0.05, 0.1) is 6.61 Å². The van der Waals surface area contributed by atoms with Crippen molar-refractivity contribution in [3.05, 3.63) is 57.0 Å². The maximum Gasteiger partial charge on any atom is 0.133 e. The molecule has 0 heterocycles. The zero-order valence-corrected chi connectivity index (χ0v) is 12.0. The third-order valence-electron chi connectivity index (χ3n) is 2.22. The van der Waals surface area contributed by atoms with Crippen LogP contribution in [0.3, 0.4) is 0 Å². The summed E-state index contributed by atoms with van der Waals surface area (Å²) in [5, 5.41) is 9.27. The molecule has 0 radical (unpaired) electrons. The molecule has 0 spiro atoms. The summed E-state index contributed by atoms with van der Waals surface area (Å²) < 4.78 is 7.60. The van der Waals surface area contributed by atoms with Crippen molar-refractivity contribution in [3.8, 4) is 11.5 Å². The lowest BCUT2D eigenvalue weighted by Crippen LogP contribution is -1.91. The molecule has 0 aromatic heterocycles. The fraction of sp³-hybridized carbons (Fsp3) is 0.0769. The maximum absolute atomic E-state index is 9.27. The second kappa shape index (κ2) is 5.67. The molecule has 0 bridgehead atoms. The second-order valence-electron chi connectivity index (χ2n) is 3.47. The highest BCUT2D eigenvalue weighted by Gasteiger charge is 2.05. The fourth-order valence-corrected chi connectivity index (χ4v) is 2.22. The van der Waals surface area contributed by atoms with Gasteiger partial charge in [0, 0.05) is 14.5 Å². The predicted molar refractivity (Wildman–Crippen MR) is 74.3 cm³/mol. The summed E-state index contributed by atoms with van der Waals surface area (Å²) in [5.41, 5.74) is 0.749. The van der Waals surface area contributed by atoms with Crippen LogP contribution in [-0.4, -0.2) is 5.11 Å². The molecule has 0 saturated heterocycles. The van der Waals surface area contributed by atoms with E-state index >= 15 is 0 Å². The summed E-state index contributed by atoms with van der Waals surface area (Å²) in [6, 6.07) is 13.1. The van der Waals surface area contributed by atoms with E-state index in [2.05, 4.69) is 31.9 Å². The molecular weight excluding hydrogens is 348 g/mol. The zero-order chi connectivity index (χ0) is 12.3. The highest BCUT2D eigenvalue weighted by molar-refractivity contribution is 9.10. The Morgan fingerprint density at radius 2 is 1.76 bits per heavy atom. The van der Waals surface area contributed by atoms with Crippen LogP contribution in [0.15, 0.2) is 51.4 Å². The highest BCUT2D eigenvalue weighted by Crippen LogP contribution is 2.29. The van der Waals surface area contributed by atoms with E-state index in [1.807, 2.05) is 42.5 Å². The van der Waals surface area contributed by atoms with Crippen LogP contribution >= 0.6 is 31.9 Å². The van der Waals surface area contributed by atoms with Gasteiger partial charge in [-0.05, 0) is 36.4 Å². The summed E-state index contributed by atoms with van der Waals surface area (Å²) in [5.74, 6) is 1.39. The van der Waals surface area contributed by atoms with Crippen LogP contribution in [0.2, 0.25) is 0 Å². The molecule has 88 valence electrons. The number of aliphatic hydroxyl groups is 1. The predicted octanol–water partition coefficient (Wildman–Crippen LogP) is 4.50. The SMILES string of the molecule is OCc1cc(Br)ccc1Oc1cccc(Br)c1. The number of rotatable bonds is 3. The lowest BCUT2D eigenvalue weighted by Gasteiger charge is -2.10. The Kier molecular flexibility index (Phi) is 4.20. The van der Waals surface area contributed by atoms with E-state index < -0.39 is 0 Å². The van der Waals surface area contributed by atoms with Crippen molar-refractivity contribution in [3.63, 3.8) is 0 Å². The fourth-order valence-electron chi connectivity index (χ4n) is 1.43. The van der Waals surface area contributed by atoms with E-state index in [0.29, 0.717) is 5.75 Å². The number of benzene rings is 2. The minimum Gasteiger partial charge on any atom is -0.457 e. The van der Waals surface area contributed by atoms with Gasteiger partial charge in [0.2, 0.25) is 0 Å². The molecule has 0 atom stereocenters. The first-order valence-corrected chi connectivity index (χ1v) is 6.60. The first-order chi connectivity index (χ1) is 8.19. The summed E-state index contributed by atoms with van der Waals surface area (Å²) in [4.78, 5) is 0. The summed E-state index contributed by atoms with van der Waals surface area (Å²) in [6.07, 6.45) is 0. The van der Waals surface area contributed by atoms with Gasteiger partial charge in [0.15, 0.2) is 0 Å². The smallest absolute Gasteiger partial charge is 0.133 e. The van der Waals surface area contributed by atoms with Crippen LogP contribution < -0.4 is 4.74 Å². The summed E-state index contributed by atoms with van der Waals surface area (Å²) in [7, 11) is 0. The quantitative estimate of drug-likeness (QED) is 0.876. The third kappa shape index (κ3) is 3.31. The second-order valence-corrected chi connectivity index (χ2v) is 5.30. The standard InChI is InChI=1S/C13H10Br2O2/c14-10-2-1-3-12(7-10)17-13-5-4-11(15)6-9(13)8-16/h1-7,16H,8H2. The Bertz CT molecular complexity index is 527. The van der Waals surface area contributed by atoms with Gasteiger partial charge in [-0.1, -0.05) is 37.9 Å². The molecule has 0 saturated carbocycles. The molecular formula is C13H10Br2O2. The Balaban J connectivity index is 2.29. The molecule has 0 aliphatic carbocycles. The van der Waals surface area contributed by atoms with Gasteiger partial charge in [-0.2, -0.15) is 0 Å². The Morgan fingerprint density at radius 3 is 2.47 bits per heavy atom. The number of halogens is 2. The molecule has 0 amide bonds. The van der Waals surface area contributed by atoms with Crippen LogP contribution in [0.25, 0.3) is 0 Å². The van der Waals surface area contributed by atoms with Crippen molar-refractivity contribution >= 4 is 31.9 Å². The third-order valence-corrected chi connectivity index (χ3v) is 3.20. The van der Waals surface area contributed by atoms with Crippen molar-refractivity contribution in [1.29, 1.82) is 0 Å². The van der Waals surface area contributed by atoms with E-state index in [0.717, 1.165) is 20.3 Å². The van der Waals surface area contributed by atoms with Gasteiger partial charge >= 0.3 is 0 Å². The van der Waals surface area contributed by atoms with Gasteiger partial charge in [-0.3, -0.25) is 0 Å². The molecule has 0 aliphatic heterocycles. The van der Waals surface area contributed by atoms with Crippen molar-refractivity contribution in [2.45, 2.75) is 6.61 Å². The topological polar surface area (TPSA) is 29.5 Å². The molecule has 2 aromatic rings. The zero-order valence-electron chi connectivity index (χ0n) is 8.86. The van der Waals surface area contributed by atoms with Gasteiger partial charge in [0.1, 0.15) is 11.5 Å². The Hall–Kier alpha value is -0.840. The van der Waals surface area contributed by atoms with Crippen LogP contribution in [0, 0.1) is 0 Å². The van der Waals surface area contributed by atoms with Crippen LogP contribution in [0.4, 0.5) is 0 Å². The minimum atomic E-state index is -0.0528. The van der Waals surface area contributed by atoms with Crippen molar-refractivity contribution in [1.82, 2.24) is 0 Å². The normalized spacial score (nSPS) is 10.3. The van der Waals surface area contributed by atoms with Gasteiger partial charge in [-0.15, -0.1) is 0 Å². The van der Waals surface area contributed by atoms with E-state index in [-0.39, 0.29) is 6.61 Å². The number of ether oxygens (including phenoxy) is 1. The number of hydrogen-bond acceptors (Lipinski definition) is 2. The van der Waals surface area contributed by atoms with E-state index in [4.69, 9.17) is 4.74 Å². The Morgan fingerprint density at radius 1 is 1.00 bits per heavy atom. The van der Waals surface area contributed by atoms with Gasteiger partial charge in [0.25, 0.3) is 0 Å². The Labute approximate surface area is 116 Å². The molecule has 17 heavy (non-hydrogen) atoms. The van der Waals surface area contributed by atoms with Gasteiger partial charge < -0.3 is 9.84 Å². The molecule has 2 aromatic carbocycles.